The van der Waals surface area contributed by atoms with Crippen molar-refractivity contribution in [1.29, 1.82) is 0 Å². The topological polar surface area (TPSA) is 66.8 Å². The monoisotopic (exact) mass is 245 g/mol. The average molecular weight is 245 g/mol. The minimum Gasteiger partial charge on any atom is -0.373 e. The maximum absolute atomic E-state index is 10.5. The van der Waals surface area contributed by atoms with Crippen molar-refractivity contribution in [2.45, 2.75) is 13.0 Å². The van der Waals surface area contributed by atoms with Gasteiger partial charge in [-0.3, -0.25) is 4.55 Å². The average Bonchev–Trinajstić information content (AvgIpc) is 2.18. The predicted molar refractivity (Wildman–Crippen MR) is 61.1 cm³/mol. The summed E-state index contributed by atoms with van der Waals surface area (Å²) in [7, 11) is -2.52. The molecule has 0 radical (unpaired) electrons. The molecule has 90 valence electrons. The van der Waals surface area contributed by atoms with Crippen molar-refractivity contribution >= 4 is 10.4 Å². The second-order valence-corrected chi connectivity index (χ2v) is 4.68. The van der Waals surface area contributed by atoms with Crippen LogP contribution >= 0.6 is 0 Å². The van der Waals surface area contributed by atoms with Gasteiger partial charge in [-0.15, -0.1) is 0 Å². The highest BCUT2D eigenvalue weighted by atomic mass is 32.3. The highest BCUT2D eigenvalue weighted by molar-refractivity contribution is 7.80. The molecule has 1 aliphatic heterocycles. The van der Waals surface area contributed by atoms with Crippen LogP contribution in [0.25, 0.3) is 0 Å². The summed E-state index contributed by atoms with van der Waals surface area (Å²) in [5, 5.41) is 0. The molecule has 0 aromatic carbocycles. The third-order valence-corrected chi connectivity index (χ3v) is 2.88. The number of allylic oxidation sites excluding steroid dienone is 3. The smallest absolute Gasteiger partial charge is 0.373 e. The molecular formula is C10H15NO4S. The summed E-state index contributed by atoms with van der Waals surface area (Å²) >= 11 is 0. The van der Waals surface area contributed by atoms with E-state index in [9.17, 15) is 8.42 Å². The second-order valence-electron chi connectivity index (χ2n) is 3.58. The van der Waals surface area contributed by atoms with E-state index >= 15 is 0 Å². The molecule has 1 rings (SSSR count). The van der Waals surface area contributed by atoms with Crippen molar-refractivity contribution < 1.29 is 17.2 Å². The molecule has 5 nitrogen and oxygen atoms in total. The molecule has 0 amide bonds. The summed E-state index contributed by atoms with van der Waals surface area (Å²) in [6.45, 7) is 5.39. The first-order valence-electron chi connectivity index (χ1n) is 4.72. The zero-order chi connectivity index (χ0) is 12.3. The van der Waals surface area contributed by atoms with Crippen LogP contribution in [-0.4, -0.2) is 37.6 Å². The van der Waals surface area contributed by atoms with Crippen LogP contribution < -0.4 is 0 Å². The number of hydrogen-bond acceptors (Lipinski definition) is 4. The minimum atomic E-state index is -4.39. The molecule has 0 saturated carbocycles. The van der Waals surface area contributed by atoms with Crippen LogP contribution in [0.3, 0.4) is 0 Å². The van der Waals surface area contributed by atoms with E-state index in [0.717, 1.165) is 11.1 Å². The van der Waals surface area contributed by atoms with Gasteiger partial charge in [0.25, 0.3) is 0 Å². The van der Waals surface area contributed by atoms with Gasteiger partial charge in [0.15, 0.2) is 0 Å². The largest absolute Gasteiger partial charge is 0.397 e. The van der Waals surface area contributed by atoms with Crippen LogP contribution in [0.4, 0.5) is 0 Å². The van der Waals surface area contributed by atoms with Crippen molar-refractivity contribution in [3.05, 3.63) is 36.1 Å². The SMILES string of the molecule is C=CC1=CN(C)C(C)C(COS(=O)(=O)O)=C1. The Morgan fingerprint density at radius 1 is 1.69 bits per heavy atom. The van der Waals surface area contributed by atoms with Gasteiger partial charge in [0.05, 0.1) is 6.61 Å². The van der Waals surface area contributed by atoms with Gasteiger partial charge in [-0.2, -0.15) is 8.42 Å². The van der Waals surface area contributed by atoms with E-state index in [0.29, 0.717) is 0 Å². The Kier molecular flexibility index (Phi) is 3.90. The van der Waals surface area contributed by atoms with E-state index < -0.39 is 10.4 Å². The van der Waals surface area contributed by atoms with Crippen molar-refractivity contribution in [2.75, 3.05) is 13.7 Å². The van der Waals surface area contributed by atoms with E-state index in [1.165, 1.54) is 0 Å². The molecule has 0 aliphatic carbocycles. The molecule has 1 aliphatic rings. The Bertz CT molecular complexity index is 436. The first kappa shape index (κ1) is 13.0. The third kappa shape index (κ3) is 3.48. The van der Waals surface area contributed by atoms with Gasteiger partial charge in [-0.25, -0.2) is 4.18 Å². The first-order chi connectivity index (χ1) is 7.33. The highest BCUT2D eigenvalue weighted by Gasteiger charge is 2.18. The molecule has 1 heterocycles. The summed E-state index contributed by atoms with van der Waals surface area (Å²) < 4.78 is 33.8. The summed E-state index contributed by atoms with van der Waals surface area (Å²) in [5.41, 5.74) is 1.63. The molecule has 0 bridgehead atoms. The van der Waals surface area contributed by atoms with Crippen molar-refractivity contribution in [1.82, 2.24) is 4.90 Å². The Balaban J connectivity index is 2.82. The lowest BCUT2D eigenvalue weighted by Crippen LogP contribution is -2.31. The molecule has 0 fully saturated rings. The fraction of sp³-hybridized carbons (Fsp3) is 0.400. The fourth-order valence-electron chi connectivity index (χ4n) is 1.40. The molecule has 1 unspecified atom stereocenters. The van der Waals surface area contributed by atoms with Crippen LogP contribution in [0.1, 0.15) is 6.92 Å². The Morgan fingerprint density at radius 3 is 2.81 bits per heavy atom. The number of hydrogen-bond donors (Lipinski definition) is 1. The van der Waals surface area contributed by atoms with Gasteiger partial charge in [-0.05, 0) is 24.1 Å². The highest BCUT2D eigenvalue weighted by Crippen LogP contribution is 2.20. The van der Waals surface area contributed by atoms with Gasteiger partial charge >= 0.3 is 10.4 Å². The van der Waals surface area contributed by atoms with Crippen molar-refractivity contribution in [3.8, 4) is 0 Å². The molecular weight excluding hydrogens is 230 g/mol. The molecule has 0 aromatic heterocycles. The second kappa shape index (κ2) is 4.82. The third-order valence-electron chi connectivity index (χ3n) is 2.46. The predicted octanol–water partition coefficient (Wildman–Crippen LogP) is 1.14. The van der Waals surface area contributed by atoms with E-state index in [-0.39, 0.29) is 12.6 Å². The lowest BCUT2D eigenvalue weighted by Gasteiger charge is -2.29. The van der Waals surface area contributed by atoms with Crippen molar-refractivity contribution in [2.24, 2.45) is 0 Å². The summed E-state index contributed by atoms with van der Waals surface area (Å²) in [4.78, 5) is 1.92. The maximum atomic E-state index is 10.5. The Hall–Kier alpha value is -1.11. The summed E-state index contributed by atoms with van der Waals surface area (Å²) in [5.74, 6) is 0. The van der Waals surface area contributed by atoms with E-state index in [1.807, 2.05) is 25.1 Å². The van der Waals surface area contributed by atoms with E-state index in [4.69, 9.17) is 4.55 Å². The summed E-state index contributed by atoms with van der Waals surface area (Å²) in [6, 6.07) is 0.0189. The van der Waals surface area contributed by atoms with Gasteiger partial charge in [0.2, 0.25) is 0 Å². The lowest BCUT2D eigenvalue weighted by atomic mass is 10.0. The first-order valence-corrected chi connectivity index (χ1v) is 6.08. The van der Waals surface area contributed by atoms with Crippen LogP contribution in [-0.2, 0) is 14.6 Å². The van der Waals surface area contributed by atoms with E-state index in [2.05, 4.69) is 10.8 Å². The molecule has 0 aromatic rings. The summed E-state index contributed by atoms with van der Waals surface area (Å²) in [6.07, 6.45) is 5.35. The number of nitrogens with zero attached hydrogens (tertiary/aromatic N) is 1. The molecule has 6 heteroatoms. The van der Waals surface area contributed by atoms with Gasteiger partial charge in [-0.1, -0.05) is 12.7 Å². The molecule has 1 atom stereocenters. The van der Waals surface area contributed by atoms with Crippen LogP contribution in [0.2, 0.25) is 0 Å². The normalized spacial score (nSPS) is 21.4. The Morgan fingerprint density at radius 2 is 2.31 bits per heavy atom. The zero-order valence-corrected chi connectivity index (χ0v) is 10.1. The standard InChI is InChI=1S/C10H15NO4S/c1-4-9-5-10(7-15-16(12,13)14)8(2)11(3)6-9/h4-6,8H,1,7H2,2-3H3,(H,12,13,14). The maximum Gasteiger partial charge on any atom is 0.397 e. The number of likely N-dealkylation sites (N-methyl/N-ethyl adjacent to an activating group) is 1. The van der Waals surface area contributed by atoms with Crippen LogP contribution in [0.15, 0.2) is 36.1 Å². The van der Waals surface area contributed by atoms with E-state index in [1.54, 1.807) is 12.2 Å². The number of rotatable bonds is 4. The molecule has 0 saturated heterocycles. The molecule has 1 N–H and O–H groups in total. The van der Waals surface area contributed by atoms with Crippen LogP contribution in [0.5, 0.6) is 0 Å². The Labute approximate surface area is 95.7 Å². The van der Waals surface area contributed by atoms with Crippen molar-refractivity contribution in [3.63, 3.8) is 0 Å². The van der Waals surface area contributed by atoms with Gasteiger partial charge in [0, 0.05) is 19.3 Å². The molecule has 16 heavy (non-hydrogen) atoms. The zero-order valence-electron chi connectivity index (χ0n) is 9.25. The lowest BCUT2D eigenvalue weighted by molar-refractivity contribution is 0.269. The quantitative estimate of drug-likeness (QED) is 0.752. The fourth-order valence-corrected chi connectivity index (χ4v) is 1.68. The van der Waals surface area contributed by atoms with Crippen LogP contribution in [0, 0.1) is 0 Å². The van der Waals surface area contributed by atoms with Gasteiger partial charge < -0.3 is 4.90 Å². The van der Waals surface area contributed by atoms with Gasteiger partial charge in [0.1, 0.15) is 0 Å². The molecule has 0 spiro atoms. The minimum absolute atomic E-state index is 0.0189.